The summed E-state index contributed by atoms with van der Waals surface area (Å²) in [5, 5.41) is 7.00. The van der Waals surface area contributed by atoms with E-state index in [1.807, 2.05) is 6.92 Å². The molecule has 0 spiro atoms. The van der Waals surface area contributed by atoms with Crippen LogP contribution in [-0.2, 0) is 34.6 Å². The number of aryl methyl sites for hydroxylation is 2. The van der Waals surface area contributed by atoms with E-state index in [-0.39, 0.29) is 35.7 Å². The van der Waals surface area contributed by atoms with Gasteiger partial charge in [-0.05, 0) is 31.4 Å². The number of halogens is 3. The molecule has 1 aliphatic rings. The second kappa shape index (κ2) is 9.84. The molecule has 0 radical (unpaired) electrons. The molecule has 190 valence electrons. The van der Waals surface area contributed by atoms with Crippen molar-refractivity contribution in [2.75, 3.05) is 25.5 Å². The van der Waals surface area contributed by atoms with Gasteiger partial charge in [-0.3, -0.25) is 4.68 Å². The molecule has 3 aromatic heterocycles. The highest BCUT2D eigenvalue weighted by Gasteiger charge is 2.36. The average molecular weight is 531 g/mol. The Morgan fingerprint density at radius 1 is 1.26 bits per heavy atom. The summed E-state index contributed by atoms with van der Waals surface area (Å²) in [6, 6.07) is 1.47. The summed E-state index contributed by atoms with van der Waals surface area (Å²) in [7, 11) is -0.484. The molecule has 0 aromatic carbocycles. The minimum Gasteiger partial charge on any atom is -0.380 e. The molecule has 4 heterocycles. The van der Waals surface area contributed by atoms with Crippen LogP contribution in [0.25, 0.3) is 10.6 Å². The van der Waals surface area contributed by atoms with Gasteiger partial charge in [0.05, 0.1) is 23.4 Å². The van der Waals surface area contributed by atoms with Crippen molar-refractivity contribution in [3.63, 3.8) is 0 Å². The first kappa shape index (κ1) is 25.5. The highest BCUT2D eigenvalue weighted by molar-refractivity contribution is 7.89. The molecule has 4 rings (SSSR count). The molecule has 0 bridgehead atoms. The number of hydrogen-bond acceptors (Lipinski definition) is 8. The first-order chi connectivity index (χ1) is 16.5. The van der Waals surface area contributed by atoms with Gasteiger partial charge in [-0.2, -0.15) is 22.6 Å². The minimum absolute atomic E-state index is 0.0703. The number of hydrogen-bond donors (Lipinski definition) is 1. The SMILES string of the molecule is COCc1cc(-c2nc(NC3CCN(S(=O)(=O)c4cnn(C)c4)CC3)ncc2C(F)(F)F)sc1C. The molecule has 0 saturated carbocycles. The van der Waals surface area contributed by atoms with E-state index in [9.17, 15) is 21.6 Å². The van der Waals surface area contributed by atoms with Crippen LogP contribution in [0.2, 0.25) is 0 Å². The van der Waals surface area contributed by atoms with Crippen LogP contribution in [0.1, 0.15) is 28.8 Å². The molecule has 1 fully saturated rings. The fourth-order valence-corrected chi connectivity index (χ4v) is 6.37. The van der Waals surface area contributed by atoms with Crippen LogP contribution in [0, 0.1) is 6.92 Å². The van der Waals surface area contributed by atoms with Gasteiger partial charge in [0.2, 0.25) is 16.0 Å². The number of aromatic nitrogens is 4. The Kier molecular flexibility index (Phi) is 7.18. The minimum atomic E-state index is -4.61. The normalized spacial score (nSPS) is 16.1. The van der Waals surface area contributed by atoms with Gasteiger partial charge >= 0.3 is 6.18 Å². The van der Waals surface area contributed by atoms with Crippen molar-refractivity contribution in [3.05, 3.63) is 40.7 Å². The number of nitrogens with one attached hydrogen (secondary N) is 1. The Labute approximate surface area is 205 Å². The van der Waals surface area contributed by atoms with Crippen LogP contribution < -0.4 is 5.32 Å². The Bertz CT molecular complexity index is 1300. The lowest BCUT2D eigenvalue weighted by Gasteiger charge is -2.31. The van der Waals surface area contributed by atoms with Crippen molar-refractivity contribution in [1.82, 2.24) is 24.1 Å². The largest absolute Gasteiger partial charge is 0.420 e. The second-order valence-electron chi connectivity index (χ2n) is 8.25. The molecule has 9 nitrogen and oxygen atoms in total. The maximum absolute atomic E-state index is 13.7. The molecule has 3 aromatic rings. The topological polar surface area (TPSA) is 102 Å². The van der Waals surface area contributed by atoms with E-state index in [4.69, 9.17) is 4.74 Å². The zero-order chi connectivity index (χ0) is 25.4. The first-order valence-corrected chi connectivity index (χ1v) is 13.0. The first-order valence-electron chi connectivity index (χ1n) is 10.8. The van der Waals surface area contributed by atoms with Gasteiger partial charge in [0.1, 0.15) is 10.5 Å². The van der Waals surface area contributed by atoms with Crippen LogP contribution >= 0.6 is 11.3 Å². The van der Waals surface area contributed by atoms with Crippen molar-refractivity contribution in [2.24, 2.45) is 7.05 Å². The molecule has 0 atom stereocenters. The third-order valence-electron chi connectivity index (χ3n) is 5.75. The molecule has 35 heavy (non-hydrogen) atoms. The van der Waals surface area contributed by atoms with E-state index in [0.717, 1.165) is 16.6 Å². The Hall–Kier alpha value is -2.55. The number of anilines is 1. The summed E-state index contributed by atoms with van der Waals surface area (Å²) in [6.45, 7) is 2.63. The molecule has 1 aliphatic heterocycles. The van der Waals surface area contributed by atoms with E-state index in [2.05, 4.69) is 20.4 Å². The van der Waals surface area contributed by atoms with Gasteiger partial charge in [0.25, 0.3) is 0 Å². The van der Waals surface area contributed by atoms with E-state index >= 15 is 0 Å². The van der Waals surface area contributed by atoms with Gasteiger partial charge in [0.15, 0.2) is 0 Å². The molecule has 0 aliphatic carbocycles. The molecule has 0 amide bonds. The van der Waals surface area contributed by atoms with Crippen molar-refractivity contribution in [3.8, 4) is 10.6 Å². The molecule has 1 saturated heterocycles. The Balaban J connectivity index is 1.51. The average Bonchev–Trinajstić information content (AvgIpc) is 3.40. The summed E-state index contributed by atoms with van der Waals surface area (Å²) in [6.07, 6.45) is -0.162. The molecule has 1 N–H and O–H groups in total. The van der Waals surface area contributed by atoms with Crippen molar-refractivity contribution in [2.45, 2.75) is 43.5 Å². The molecule has 14 heteroatoms. The van der Waals surface area contributed by atoms with Gasteiger partial charge < -0.3 is 10.1 Å². The van der Waals surface area contributed by atoms with E-state index < -0.39 is 21.8 Å². The third-order valence-corrected chi connectivity index (χ3v) is 8.71. The summed E-state index contributed by atoms with van der Waals surface area (Å²) in [5.74, 6) is 0.0703. The van der Waals surface area contributed by atoms with Crippen LogP contribution in [0.5, 0.6) is 0 Å². The standard InChI is InChI=1S/C21H25F3N6O3S2/c1-13-14(12-33-3)8-18(34-13)19-17(21(22,23)24)10-25-20(28-19)27-15-4-6-30(7-5-15)35(31,32)16-9-26-29(2)11-16/h8-11,15H,4-7,12H2,1-3H3,(H,25,27,28). The number of nitrogens with zero attached hydrogens (tertiary/aromatic N) is 5. The summed E-state index contributed by atoms with van der Waals surface area (Å²) >= 11 is 1.22. The number of sulfonamides is 1. The van der Waals surface area contributed by atoms with Crippen molar-refractivity contribution >= 4 is 27.3 Å². The van der Waals surface area contributed by atoms with E-state index in [0.29, 0.717) is 24.3 Å². The fourth-order valence-electron chi connectivity index (χ4n) is 3.89. The van der Waals surface area contributed by atoms with Crippen LogP contribution in [0.4, 0.5) is 19.1 Å². The second-order valence-corrected chi connectivity index (χ2v) is 11.4. The highest BCUT2D eigenvalue weighted by Crippen LogP contribution is 2.39. The molecule has 0 unspecified atom stereocenters. The summed E-state index contributed by atoms with van der Waals surface area (Å²) in [4.78, 5) is 9.48. The van der Waals surface area contributed by atoms with Gasteiger partial charge in [-0.25, -0.2) is 18.4 Å². The van der Waals surface area contributed by atoms with Crippen molar-refractivity contribution < 1.29 is 26.3 Å². The molecular weight excluding hydrogens is 505 g/mol. The van der Waals surface area contributed by atoms with Gasteiger partial charge in [0, 0.05) is 50.6 Å². The maximum Gasteiger partial charge on any atom is 0.420 e. The van der Waals surface area contributed by atoms with Crippen LogP contribution in [0.3, 0.4) is 0 Å². The lowest BCUT2D eigenvalue weighted by Crippen LogP contribution is -2.42. The number of methoxy groups -OCH3 is 1. The quantitative estimate of drug-likeness (QED) is 0.497. The number of ether oxygens (including phenoxy) is 1. The highest BCUT2D eigenvalue weighted by atomic mass is 32.2. The van der Waals surface area contributed by atoms with E-state index in [1.54, 1.807) is 13.1 Å². The lowest BCUT2D eigenvalue weighted by atomic mass is 10.1. The van der Waals surface area contributed by atoms with E-state index in [1.165, 1.54) is 39.8 Å². The predicted molar refractivity (Wildman–Crippen MR) is 124 cm³/mol. The smallest absolute Gasteiger partial charge is 0.380 e. The summed E-state index contributed by atoms with van der Waals surface area (Å²) in [5.41, 5.74) is -0.302. The molecular formula is C21H25F3N6O3S2. The fraction of sp³-hybridized carbons (Fsp3) is 0.476. The monoisotopic (exact) mass is 530 g/mol. The third kappa shape index (κ3) is 5.50. The lowest BCUT2D eigenvalue weighted by molar-refractivity contribution is -0.137. The number of rotatable bonds is 7. The van der Waals surface area contributed by atoms with Crippen LogP contribution in [0.15, 0.2) is 29.6 Å². The Morgan fingerprint density at radius 2 is 1.97 bits per heavy atom. The number of alkyl halides is 3. The van der Waals surface area contributed by atoms with Crippen LogP contribution in [-0.4, -0.2) is 58.7 Å². The predicted octanol–water partition coefficient (Wildman–Crippen LogP) is 3.68. The zero-order valence-corrected chi connectivity index (χ0v) is 21.0. The van der Waals surface area contributed by atoms with Gasteiger partial charge in [-0.1, -0.05) is 0 Å². The Morgan fingerprint density at radius 3 is 2.57 bits per heavy atom. The maximum atomic E-state index is 13.7. The zero-order valence-electron chi connectivity index (χ0n) is 19.3. The van der Waals surface area contributed by atoms with Gasteiger partial charge in [-0.15, -0.1) is 11.3 Å². The number of thiophene rings is 1. The number of piperidine rings is 1. The van der Waals surface area contributed by atoms with Crippen molar-refractivity contribution in [1.29, 1.82) is 0 Å². The summed E-state index contributed by atoms with van der Waals surface area (Å²) < 4.78 is 74.6.